The maximum atomic E-state index is 14.5. The summed E-state index contributed by atoms with van der Waals surface area (Å²) in [4.78, 5) is 18.3. The van der Waals surface area contributed by atoms with Crippen LogP contribution in [0.15, 0.2) is 30.9 Å². The van der Waals surface area contributed by atoms with Crippen LogP contribution in [-0.2, 0) is 7.05 Å². The Labute approximate surface area is 205 Å². The van der Waals surface area contributed by atoms with Gasteiger partial charge in [-0.1, -0.05) is 0 Å². The molecule has 0 spiro atoms. The predicted molar refractivity (Wildman–Crippen MR) is 123 cm³/mol. The summed E-state index contributed by atoms with van der Waals surface area (Å²) in [6.45, 7) is 0.915. The number of nitrogens with zero attached hydrogens (tertiary/aromatic N) is 5. The SMILES string of the molecule is CN1CC[C@@H](Nc2nccn3c([Se]C(F)(F)F)c(C#CCNC(=O)c4cnn(C)c4)cc23)[C@@H](F)C1. The number of fused-ring (bicyclic) bond motifs is 1. The zero-order valence-electron chi connectivity index (χ0n) is 18.9. The predicted octanol–water partition coefficient (Wildman–Crippen LogP) is 1.15. The first-order chi connectivity index (χ1) is 16.6. The molecular weight excluding hydrogens is 533 g/mol. The molecule has 3 aromatic heterocycles. The van der Waals surface area contributed by atoms with Crippen molar-refractivity contribution in [2.75, 3.05) is 32.0 Å². The van der Waals surface area contributed by atoms with Gasteiger partial charge in [-0.15, -0.1) is 0 Å². The molecule has 1 aliphatic rings. The summed E-state index contributed by atoms with van der Waals surface area (Å²) in [6.07, 6.45) is 5.19. The van der Waals surface area contributed by atoms with Crippen molar-refractivity contribution in [3.05, 3.63) is 42.0 Å². The zero-order valence-corrected chi connectivity index (χ0v) is 20.6. The number of nitrogens with one attached hydrogen (secondary N) is 2. The van der Waals surface area contributed by atoms with E-state index in [2.05, 4.69) is 32.6 Å². The fraction of sp³-hybridized carbons (Fsp3) is 0.409. The molecule has 0 bridgehead atoms. The number of likely N-dealkylation sites (tertiary alicyclic amines) is 1. The molecule has 0 aliphatic carbocycles. The summed E-state index contributed by atoms with van der Waals surface area (Å²) in [5, 5.41) is 5.19. The van der Waals surface area contributed by atoms with Crippen molar-refractivity contribution in [1.82, 2.24) is 29.4 Å². The Balaban J connectivity index is 1.59. The van der Waals surface area contributed by atoms with E-state index in [-0.39, 0.29) is 29.2 Å². The molecule has 4 heterocycles. The second-order valence-corrected chi connectivity index (χ2v) is 10.4. The van der Waals surface area contributed by atoms with Crippen LogP contribution in [0.25, 0.3) is 5.52 Å². The van der Waals surface area contributed by atoms with Crippen LogP contribution in [0.3, 0.4) is 0 Å². The first-order valence-corrected chi connectivity index (χ1v) is 12.4. The molecule has 13 heteroatoms. The molecule has 2 N–H and O–H groups in total. The van der Waals surface area contributed by atoms with E-state index in [1.165, 1.54) is 33.7 Å². The van der Waals surface area contributed by atoms with Crippen molar-refractivity contribution in [2.45, 2.75) is 23.7 Å². The molecule has 0 aromatic carbocycles. The van der Waals surface area contributed by atoms with E-state index < -0.39 is 32.2 Å². The molecule has 0 radical (unpaired) electrons. The first kappa shape index (κ1) is 25.0. The third kappa shape index (κ3) is 6.14. The minimum atomic E-state index is -4.40. The molecule has 186 valence electrons. The zero-order chi connectivity index (χ0) is 25.2. The van der Waals surface area contributed by atoms with E-state index in [1.807, 2.05) is 11.9 Å². The Morgan fingerprint density at radius 1 is 1.34 bits per heavy atom. The Morgan fingerprint density at radius 2 is 2.14 bits per heavy atom. The molecule has 1 amide bonds. The molecular formula is C22H23F4N7OSe. The Hall–Kier alpha value is -3.07. The summed E-state index contributed by atoms with van der Waals surface area (Å²) in [5.41, 5.74) is 0.935. The van der Waals surface area contributed by atoms with E-state index in [0.717, 1.165) is 0 Å². The normalized spacial score (nSPS) is 18.8. The van der Waals surface area contributed by atoms with Crippen molar-refractivity contribution in [3.63, 3.8) is 0 Å². The van der Waals surface area contributed by atoms with Crippen molar-refractivity contribution in [3.8, 4) is 11.8 Å². The number of aromatic nitrogens is 4. The van der Waals surface area contributed by atoms with Gasteiger partial charge in [0.2, 0.25) is 0 Å². The molecule has 3 aromatic rings. The van der Waals surface area contributed by atoms with Crippen LogP contribution in [-0.4, -0.2) is 88.9 Å². The van der Waals surface area contributed by atoms with Crippen LogP contribution in [0.4, 0.5) is 23.4 Å². The molecule has 1 fully saturated rings. The minimum absolute atomic E-state index is 0.0108. The van der Waals surface area contributed by atoms with E-state index in [0.29, 0.717) is 29.9 Å². The molecule has 0 saturated carbocycles. The van der Waals surface area contributed by atoms with Crippen LogP contribution < -0.4 is 15.2 Å². The van der Waals surface area contributed by atoms with E-state index in [1.54, 1.807) is 13.2 Å². The average molecular weight is 556 g/mol. The standard InChI is InChI=1S/C22H23F4N7OSe/c1-31-8-5-17(16(23)13-31)30-19-18-10-14(21(35-22(24,25)26)33(18)9-7-27-19)4-3-6-28-20(34)15-11-29-32(2)12-15/h7,9-12,16-17H,5-6,8,13H2,1-2H3,(H,27,30)(H,28,34)/t16-,17+/m0/s1. The number of hydrogen-bond donors (Lipinski definition) is 2. The van der Waals surface area contributed by atoms with Crippen LogP contribution in [0.1, 0.15) is 22.3 Å². The second-order valence-electron chi connectivity index (χ2n) is 8.15. The Kier molecular flexibility index (Phi) is 7.35. The topological polar surface area (TPSA) is 79.5 Å². The van der Waals surface area contributed by atoms with Gasteiger partial charge in [-0.3, -0.25) is 0 Å². The van der Waals surface area contributed by atoms with Gasteiger partial charge in [-0.25, -0.2) is 0 Å². The number of anilines is 1. The number of piperidine rings is 1. The maximum absolute atomic E-state index is 14.5. The van der Waals surface area contributed by atoms with Crippen LogP contribution in [0.5, 0.6) is 0 Å². The van der Waals surface area contributed by atoms with Gasteiger partial charge >= 0.3 is 205 Å². The van der Waals surface area contributed by atoms with Gasteiger partial charge in [0.15, 0.2) is 0 Å². The average Bonchev–Trinajstić information content (AvgIpc) is 3.36. The molecule has 1 aliphatic heterocycles. The van der Waals surface area contributed by atoms with Gasteiger partial charge in [-0.05, 0) is 0 Å². The molecule has 4 rings (SSSR count). The van der Waals surface area contributed by atoms with Crippen LogP contribution in [0, 0.1) is 11.8 Å². The number of aryl methyl sites for hydroxylation is 1. The number of amides is 1. The van der Waals surface area contributed by atoms with Crippen LogP contribution in [0.2, 0.25) is 0 Å². The number of alkyl halides is 4. The van der Waals surface area contributed by atoms with E-state index >= 15 is 0 Å². The quantitative estimate of drug-likeness (QED) is 0.280. The monoisotopic (exact) mass is 557 g/mol. The first-order valence-electron chi connectivity index (χ1n) is 10.7. The third-order valence-corrected chi connectivity index (χ3v) is 7.22. The number of halogens is 4. The van der Waals surface area contributed by atoms with E-state index in [4.69, 9.17) is 0 Å². The van der Waals surface area contributed by atoms with Crippen molar-refractivity contribution >= 4 is 36.8 Å². The number of rotatable bonds is 5. The van der Waals surface area contributed by atoms with Gasteiger partial charge in [0, 0.05) is 0 Å². The summed E-state index contributed by atoms with van der Waals surface area (Å²) in [5.74, 6) is 5.40. The molecule has 2 atom stereocenters. The van der Waals surface area contributed by atoms with E-state index in [9.17, 15) is 22.4 Å². The number of carbonyl (C=O) groups is 1. The molecule has 0 unspecified atom stereocenters. The van der Waals surface area contributed by atoms with Crippen molar-refractivity contribution in [2.24, 2.45) is 7.05 Å². The van der Waals surface area contributed by atoms with Gasteiger partial charge < -0.3 is 0 Å². The van der Waals surface area contributed by atoms with Crippen LogP contribution >= 0.6 is 0 Å². The second kappa shape index (κ2) is 10.3. The number of hydrogen-bond acceptors (Lipinski definition) is 5. The molecule has 8 nitrogen and oxygen atoms in total. The van der Waals surface area contributed by atoms with Crippen molar-refractivity contribution in [1.29, 1.82) is 0 Å². The Bertz CT molecular complexity index is 1280. The Morgan fingerprint density at radius 3 is 2.83 bits per heavy atom. The van der Waals surface area contributed by atoms with Gasteiger partial charge in [0.05, 0.1) is 0 Å². The molecule has 35 heavy (non-hydrogen) atoms. The van der Waals surface area contributed by atoms with Gasteiger partial charge in [-0.2, -0.15) is 0 Å². The van der Waals surface area contributed by atoms with Crippen molar-refractivity contribution < 1.29 is 22.4 Å². The fourth-order valence-corrected chi connectivity index (χ4v) is 5.25. The van der Waals surface area contributed by atoms with Gasteiger partial charge in [0.25, 0.3) is 0 Å². The number of carbonyl (C=O) groups excluding carboxylic acids is 1. The summed E-state index contributed by atoms with van der Waals surface area (Å²) in [7, 11) is 3.51. The fourth-order valence-electron chi connectivity index (χ4n) is 3.79. The molecule has 1 saturated heterocycles. The third-order valence-electron chi connectivity index (χ3n) is 5.46. The van der Waals surface area contributed by atoms with Gasteiger partial charge in [0.1, 0.15) is 0 Å². The summed E-state index contributed by atoms with van der Waals surface area (Å²) >= 11 is -1.88. The summed E-state index contributed by atoms with van der Waals surface area (Å²) < 4.78 is 57.6. The summed E-state index contributed by atoms with van der Waals surface area (Å²) in [6, 6.07) is 1.03.